The highest BCUT2D eigenvalue weighted by Crippen LogP contribution is 2.31. The summed E-state index contributed by atoms with van der Waals surface area (Å²) in [5.41, 5.74) is 0. The fourth-order valence-corrected chi connectivity index (χ4v) is 1.09. The van der Waals surface area contributed by atoms with E-state index in [9.17, 15) is 9.36 Å². The third-order valence-electron chi connectivity index (χ3n) is 1.35. The summed E-state index contributed by atoms with van der Waals surface area (Å²) in [6.07, 6.45) is 1.23. The van der Waals surface area contributed by atoms with Crippen LogP contribution in [0.2, 0.25) is 0 Å². The normalized spacial score (nSPS) is 11.4. The lowest BCUT2D eigenvalue weighted by molar-refractivity contribution is -0.142. The van der Waals surface area contributed by atoms with Crippen LogP contribution in [0.25, 0.3) is 0 Å². The smallest absolute Gasteiger partial charge is 0.339 e. The number of ether oxygens (including phenoxy) is 1. The zero-order valence-corrected chi connectivity index (χ0v) is 9.00. The van der Waals surface area contributed by atoms with Gasteiger partial charge in [-0.2, -0.15) is 0 Å². The minimum Gasteiger partial charge on any atom is -0.465 e. The zero-order valence-electron chi connectivity index (χ0n) is 8.10. The monoisotopic (exact) mass is 225 g/mol. The first kappa shape index (κ1) is 13.6. The van der Waals surface area contributed by atoms with Gasteiger partial charge in [-0.05, 0) is 6.42 Å². The van der Waals surface area contributed by atoms with E-state index in [0.29, 0.717) is 6.61 Å². The van der Waals surface area contributed by atoms with Gasteiger partial charge in [0.05, 0.1) is 19.4 Å². The molecule has 0 atom stereocenters. The number of esters is 1. The molecule has 0 aromatic rings. The molecule has 0 amide bonds. The van der Waals surface area contributed by atoms with Gasteiger partial charge < -0.3 is 14.5 Å². The van der Waals surface area contributed by atoms with Gasteiger partial charge in [0.25, 0.3) is 0 Å². The Morgan fingerprint density at radius 1 is 1.50 bits per heavy atom. The molecule has 0 spiro atoms. The topological polar surface area (TPSA) is 95.9 Å². The van der Waals surface area contributed by atoms with Crippen molar-refractivity contribution < 1.29 is 23.9 Å². The predicted molar refractivity (Wildman–Crippen MR) is 50.8 cm³/mol. The summed E-state index contributed by atoms with van der Waals surface area (Å²) < 4.78 is 15.1. The van der Waals surface area contributed by atoms with E-state index in [1.54, 1.807) is 0 Å². The van der Waals surface area contributed by atoms with Crippen molar-refractivity contribution in [2.24, 2.45) is 0 Å². The Labute approximate surface area is 82.8 Å². The van der Waals surface area contributed by atoms with E-state index in [1.165, 1.54) is 0 Å². The molecular formula is C7H16NO5P. The largest absolute Gasteiger partial charge is 0.465 e. The van der Waals surface area contributed by atoms with E-state index in [4.69, 9.17) is 14.5 Å². The molecule has 0 saturated carbocycles. The first-order valence-electron chi connectivity index (χ1n) is 4.36. The summed E-state index contributed by atoms with van der Waals surface area (Å²) in [6.45, 7) is 2.15. The van der Waals surface area contributed by atoms with E-state index in [-0.39, 0.29) is 6.54 Å². The third kappa shape index (κ3) is 9.67. The first-order chi connectivity index (χ1) is 6.45. The zero-order chi connectivity index (χ0) is 11.0. The Balaban J connectivity index is 3.41. The highest BCUT2D eigenvalue weighted by molar-refractivity contribution is 7.51. The van der Waals surface area contributed by atoms with Crippen molar-refractivity contribution >= 4 is 13.6 Å². The van der Waals surface area contributed by atoms with Crippen LogP contribution < -0.4 is 5.32 Å². The molecule has 0 aliphatic carbocycles. The Morgan fingerprint density at radius 3 is 2.64 bits per heavy atom. The molecule has 84 valence electrons. The number of carbonyl (C=O) groups excluding carboxylic acids is 1. The van der Waals surface area contributed by atoms with Crippen LogP contribution in [0.15, 0.2) is 0 Å². The number of unbranched alkanes of at least 4 members (excludes halogenated alkanes) is 1. The van der Waals surface area contributed by atoms with Crippen LogP contribution in [0.5, 0.6) is 0 Å². The molecule has 0 heterocycles. The molecule has 0 aliphatic heterocycles. The standard InChI is InChI=1S/C7H16NO5P/c1-2-3-4-13-7(9)5-8-6-14(10,11)12/h8H,2-6H2,1H3,(H2,10,11,12). The Bertz CT molecular complexity index is 214. The molecular weight excluding hydrogens is 209 g/mol. The van der Waals surface area contributed by atoms with Gasteiger partial charge >= 0.3 is 13.6 Å². The predicted octanol–water partition coefficient (Wildman–Crippen LogP) is 0.0545. The minimum atomic E-state index is -4.07. The fourth-order valence-electron chi connectivity index (χ4n) is 0.685. The van der Waals surface area contributed by atoms with Crippen LogP contribution in [0.3, 0.4) is 0 Å². The summed E-state index contributed by atoms with van der Waals surface area (Å²) in [6, 6.07) is 0. The Morgan fingerprint density at radius 2 is 2.14 bits per heavy atom. The van der Waals surface area contributed by atoms with Gasteiger partial charge in [0.1, 0.15) is 0 Å². The van der Waals surface area contributed by atoms with Gasteiger partial charge in [0, 0.05) is 0 Å². The number of hydrogen-bond donors (Lipinski definition) is 3. The number of nitrogens with one attached hydrogen (secondary N) is 1. The molecule has 0 aliphatic rings. The highest BCUT2D eigenvalue weighted by atomic mass is 31.2. The minimum absolute atomic E-state index is 0.172. The fraction of sp³-hybridized carbons (Fsp3) is 0.857. The lowest BCUT2D eigenvalue weighted by atomic mass is 10.4. The van der Waals surface area contributed by atoms with Gasteiger partial charge in [-0.15, -0.1) is 0 Å². The van der Waals surface area contributed by atoms with Crippen molar-refractivity contribution in [1.82, 2.24) is 5.32 Å². The average molecular weight is 225 g/mol. The van der Waals surface area contributed by atoms with Crippen LogP contribution in [-0.2, 0) is 14.1 Å². The highest BCUT2D eigenvalue weighted by Gasteiger charge is 2.12. The first-order valence-corrected chi connectivity index (χ1v) is 6.16. The van der Waals surface area contributed by atoms with Gasteiger partial charge in [0.15, 0.2) is 0 Å². The lowest BCUT2D eigenvalue weighted by Crippen LogP contribution is -2.25. The van der Waals surface area contributed by atoms with Gasteiger partial charge in [-0.3, -0.25) is 14.7 Å². The quantitative estimate of drug-likeness (QED) is 0.322. The van der Waals surface area contributed by atoms with Crippen LogP contribution >= 0.6 is 7.60 Å². The molecule has 0 bridgehead atoms. The molecule has 0 rings (SSSR count). The maximum atomic E-state index is 10.9. The van der Waals surface area contributed by atoms with E-state index in [2.05, 4.69) is 5.32 Å². The summed E-state index contributed by atoms with van der Waals surface area (Å²) in [5.74, 6) is -0.494. The molecule has 0 fully saturated rings. The number of hydrogen-bond acceptors (Lipinski definition) is 4. The van der Waals surface area contributed by atoms with Crippen molar-refractivity contribution in [3.05, 3.63) is 0 Å². The van der Waals surface area contributed by atoms with Gasteiger partial charge in [-0.1, -0.05) is 13.3 Å². The molecule has 3 N–H and O–H groups in total. The third-order valence-corrected chi connectivity index (χ3v) is 1.98. The van der Waals surface area contributed by atoms with Crippen molar-refractivity contribution in [3.8, 4) is 0 Å². The molecule has 0 radical (unpaired) electrons. The molecule has 7 heteroatoms. The van der Waals surface area contributed by atoms with Crippen molar-refractivity contribution in [2.75, 3.05) is 19.4 Å². The van der Waals surface area contributed by atoms with Crippen LogP contribution in [-0.4, -0.2) is 35.2 Å². The Kier molecular flexibility index (Phi) is 6.74. The van der Waals surface area contributed by atoms with Gasteiger partial charge in [-0.25, -0.2) is 0 Å². The molecule has 0 saturated heterocycles. The summed E-state index contributed by atoms with van der Waals surface area (Å²) in [7, 11) is -4.07. The van der Waals surface area contributed by atoms with E-state index < -0.39 is 19.9 Å². The number of carbonyl (C=O) groups is 1. The Hall–Kier alpha value is -0.420. The maximum absolute atomic E-state index is 10.9. The maximum Gasteiger partial charge on any atom is 0.339 e. The second-order valence-electron chi connectivity index (χ2n) is 2.82. The second-order valence-corrected chi connectivity index (χ2v) is 4.47. The van der Waals surface area contributed by atoms with Crippen LogP contribution in [0, 0.1) is 0 Å². The van der Waals surface area contributed by atoms with E-state index in [1.807, 2.05) is 6.92 Å². The molecule has 0 unspecified atom stereocenters. The summed E-state index contributed by atoms with van der Waals surface area (Å²) in [5, 5.41) is 2.31. The average Bonchev–Trinajstić information content (AvgIpc) is 2.02. The molecule has 6 nitrogen and oxygen atoms in total. The lowest BCUT2D eigenvalue weighted by Gasteiger charge is -2.06. The van der Waals surface area contributed by atoms with E-state index >= 15 is 0 Å². The molecule has 14 heavy (non-hydrogen) atoms. The second kappa shape index (κ2) is 6.95. The van der Waals surface area contributed by atoms with Gasteiger partial charge in [0.2, 0.25) is 0 Å². The van der Waals surface area contributed by atoms with Crippen LogP contribution in [0.4, 0.5) is 0 Å². The molecule has 0 aromatic heterocycles. The number of rotatable bonds is 7. The molecule has 0 aromatic carbocycles. The summed E-state index contributed by atoms with van der Waals surface area (Å²) >= 11 is 0. The van der Waals surface area contributed by atoms with Crippen molar-refractivity contribution in [2.45, 2.75) is 19.8 Å². The van der Waals surface area contributed by atoms with Crippen LogP contribution in [0.1, 0.15) is 19.8 Å². The van der Waals surface area contributed by atoms with Crippen molar-refractivity contribution in [3.63, 3.8) is 0 Å². The summed E-state index contributed by atoms with van der Waals surface area (Å²) in [4.78, 5) is 27.7. The SMILES string of the molecule is CCCCOC(=O)CNCP(=O)(O)O. The van der Waals surface area contributed by atoms with Crippen molar-refractivity contribution in [1.29, 1.82) is 0 Å². The van der Waals surface area contributed by atoms with E-state index in [0.717, 1.165) is 12.8 Å².